The van der Waals surface area contributed by atoms with Crippen LogP contribution in [0.2, 0.25) is 0 Å². The first-order chi connectivity index (χ1) is 6.86. The van der Waals surface area contributed by atoms with Crippen LogP contribution in [0.5, 0.6) is 0 Å². The predicted octanol–water partition coefficient (Wildman–Crippen LogP) is 1.35. The van der Waals surface area contributed by atoms with Crippen LogP contribution >= 0.6 is 0 Å². The van der Waals surface area contributed by atoms with Crippen LogP contribution in [-0.2, 0) is 11.3 Å². The van der Waals surface area contributed by atoms with E-state index in [-0.39, 0.29) is 5.78 Å². The highest BCUT2D eigenvalue weighted by atomic mass is 16.1. The van der Waals surface area contributed by atoms with E-state index in [9.17, 15) is 4.79 Å². The van der Waals surface area contributed by atoms with Gasteiger partial charge < -0.3 is 0 Å². The first kappa shape index (κ1) is 9.12. The van der Waals surface area contributed by atoms with Gasteiger partial charge in [-0.1, -0.05) is 6.08 Å². The third kappa shape index (κ3) is 2.07. The molecule has 0 spiro atoms. The van der Waals surface area contributed by atoms with Gasteiger partial charge in [0.25, 0.3) is 0 Å². The molecule has 2 rings (SSSR count). The second kappa shape index (κ2) is 4.17. The van der Waals surface area contributed by atoms with E-state index in [2.05, 4.69) is 16.2 Å². The van der Waals surface area contributed by atoms with Crippen LogP contribution in [-0.4, -0.2) is 20.5 Å². The SMILES string of the molecule is O=C(Cn1cncn1)C1=CCCCC1. The minimum Gasteiger partial charge on any atom is -0.292 e. The largest absolute Gasteiger partial charge is 0.292 e. The van der Waals surface area contributed by atoms with Gasteiger partial charge in [-0.2, -0.15) is 5.10 Å². The molecule has 0 saturated carbocycles. The molecule has 0 fully saturated rings. The van der Waals surface area contributed by atoms with Gasteiger partial charge in [0.2, 0.25) is 0 Å². The van der Waals surface area contributed by atoms with E-state index in [1.165, 1.54) is 12.7 Å². The molecule has 0 N–H and O–H groups in total. The number of ketones is 1. The Balaban J connectivity index is 1.98. The number of hydrogen-bond acceptors (Lipinski definition) is 3. The molecule has 1 aromatic rings. The number of allylic oxidation sites excluding steroid dienone is 2. The summed E-state index contributed by atoms with van der Waals surface area (Å²) in [6.45, 7) is 0.325. The lowest BCUT2D eigenvalue weighted by Crippen LogP contribution is -2.14. The third-order valence-electron chi connectivity index (χ3n) is 2.42. The molecular weight excluding hydrogens is 178 g/mol. The topological polar surface area (TPSA) is 47.8 Å². The minimum atomic E-state index is 0.176. The molecule has 0 saturated heterocycles. The maximum absolute atomic E-state index is 11.7. The lowest BCUT2D eigenvalue weighted by Gasteiger charge is -2.10. The van der Waals surface area contributed by atoms with Gasteiger partial charge in [0.05, 0.1) is 0 Å². The molecule has 1 heterocycles. The van der Waals surface area contributed by atoms with Gasteiger partial charge in [0.1, 0.15) is 19.2 Å². The van der Waals surface area contributed by atoms with E-state index >= 15 is 0 Å². The Hall–Kier alpha value is -1.45. The zero-order chi connectivity index (χ0) is 9.80. The zero-order valence-corrected chi connectivity index (χ0v) is 8.02. The molecule has 74 valence electrons. The van der Waals surface area contributed by atoms with Gasteiger partial charge in [-0.3, -0.25) is 4.79 Å². The van der Waals surface area contributed by atoms with E-state index in [1.54, 1.807) is 11.0 Å². The van der Waals surface area contributed by atoms with Crippen molar-refractivity contribution in [2.24, 2.45) is 0 Å². The summed E-state index contributed by atoms with van der Waals surface area (Å²) in [7, 11) is 0. The van der Waals surface area contributed by atoms with Crippen molar-refractivity contribution in [2.75, 3.05) is 0 Å². The summed E-state index contributed by atoms with van der Waals surface area (Å²) in [5.74, 6) is 0.176. The molecule has 1 aliphatic rings. The number of carbonyl (C=O) groups is 1. The normalized spacial score (nSPS) is 16.4. The molecule has 0 amide bonds. The van der Waals surface area contributed by atoms with Crippen LogP contribution in [0.1, 0.15) is 25.7 Å². The molecule has 14 heavy (non-hydrogen) atoms. The third-order valence-corrected chi connectivity index (χ3v) is 2.42. The van der Waals surface area contributed by atoms with Crippen LogP contribution in [0.3, 0.4) is 0 Å². The average molecular weight is 191 g/mol. The molecule has 0 radical (unpaired) electrons. The van der Waals surface area contributed by atoms with Crippen molar-refractivity contribution in [1.82, 2.24) is 14.8 Å². The van der Waals surface area contributed by atoms with Crippen LogP contribution in [0.25, 0.3) is 0 Å². The fourth-order valence-electron chi connectivity index (χ4n) is 1.65. The Bertz CT molecular complexity index is 340. The highest BCUT2D eigenvalue weighted by molar-refractivity contribution is 5.95. The van der Waals surface area contributed by atoms with Gasteiger partial charge in [-0.15, -0.1) is 0 Å². The smallest absolute Gasteiger partial charge is 0.180 e. The molecular formula is C10H13N3O. The summed E-state index contributed by atoms with van der Waals surface area (Å²) in [6, 6.07) is 0. The quantitative estimate of drug-likeness (QED) is 0.724. The average Bonchev–Trinajstić information content (AvgIpc) is 2.72. The molecule has 0 atom stereocenters. The zero-order valence-electron chi connectivity index (χ0n) is 8.02. The monoisotopic (exact) mass is 191 g/mol. The van der Waals surface area contributed by atoms with E-state index in [1.807, 2.05) is 0 Å². The summed E-state index contributed by atoms with van der Waals surface area (Å²) >= 11 is 0. The van der Waals surface area contributed by atoms with Crippen molar-refractivity contribution in [1.29, 1.82) is 0 Å². The van der Waals surface area contributed by atoms with E-state index in [0.717, 1.165) is 24.8 Å². The number of rotatable bonds is 3. The predicted molar refractivity (Wildman–Crippen MR) is 51.6 cm³/mol. The molecule has 4 nitrogen and oxygen atoms in total. The molecule has 1 aliphatic carbocycles. The van der Waals surface area contributed by atoms with Gasteiger partial charge >= 0.3 is 0 Å². The van der Waals surface area contributed by atoms with Crippen molar-refractivity contribution < 1.29 is 4.79 Å². The number of carbonyl (C=O) groups excluding carboxylic acids is 1. The molecule has 0 aliphatic heterocycles. The second-order valence-corrected chi connectivity index (χ2v) is 3.49. The highest BCUT2D eigenvalue weighted by Gasteiger charge is 2.12. The van der Waals surface area contributed by atoms with E-state index < -0.39 is 0 Å². The summed E-state index contributed by atoms with van der Waals surface area (Å²) < 4.78 is 1.57. The Morgan fingerprint density at radius 2 is 2.43 bits per heavy atom. The van der Waals surface area contributed by atoms with Crippen molar-refractivity contribution in [3.8, 4) is 0 Å². The van der Waals surface area contributed by atoms with Crippen LogP contribution < -0.4 is 0 Å². The second-order valence-electron chi connectivity index (χ2n) is 3.49. The first-order valence-electron chi connectivity index (χ1n) is 4.91. The Labute approximate surface area is 82.6 Å². The number of hydrogen-bond donors (Lipinski definition) is 0. The van der Waals surface area contributed by atoms with E-state index in [0.29, 0.717) is 6.54 Å². The standard InChI is InChI=1S/C10H13N3O/c14-10(6-13-8-11-7-12-13)9-4-2-1-3-5-9/h4,7-8H,1-3,5-6H2. The molecule has 1 aromatic heterocycles. The molecule has 0 bridgehead atoms. The van der Waals surface area contributed by atoms with Crippen LogP contribution in [0, 0.1) is 0 Å². The fourth-order valence-corrected chi connectivity index (χ4v) is 1.65. The minimum absolute atomic E-state index is 0.176. The summed E-state index contributed by atoms with van der Waals surface area (Å²) in [5, 5.41) is 3.91. The van der Waals surface area contributed by atoms with Crippen LogP contribution in [0.15, 0.2) is 24.3 Å². The van der Waals surface area contributed by atoms with Gasteiger partial charge in [0.15, 0.2) is 5.78 Å². The van der Waals surface area contributed by atoms with Crippen molar-refractivity contribution in [3.63, 3.8) is 0 Å². The maximum atomic E-state index is 11.7. The summed E-state index contributed by atoms with van der Waals surface area (Å²) in [6.07, 6.45) is 9.38. The lowest BCUT2D eigenvalue weighted by molar-refractivity contribution is -0.116. The summed E-state index contributed by atoms with van der Waals surface area (Å²) in [5.41, 5.74) is 0.965. The van der Waals surface area contributed by atoms with Gasteiger partial charge in [0, 0.05) is 0 Å². The number of nitrogens with zero attached hydrogens (tertiary/aromatic N) is 3. The number of aromatic nitrogens is 3. The Kier molecular flexibility index (Phi) is 2.72. The van der Waals surface area contributed by atoms with E-state index in [4.69, 9.17) is 0 Å². The molecule has 4 heteroatoms. The van der Waals surface area contributed by atoms with Gasteiger partial charge in [-0.25, -0.2) is 9.67 Å². The Morgan fingerprint density at radius 1 is 1.50 bits per heavy atom. The summed E-state index contributed by atoms with van der Waals surface area (Å²) in [4.78, 5) is 15.5. The Morgan fingerprint density at radius 3 is 3.07 bits per heavy atom. The highest BCUT2D eigenvalue weighted by Crippen LogP contribution is 2.18. The lowest BCUT2D eigenvalue weighted by atomic mass is 9.96. The van der Waals surface area contributed by atoms with Crippen LogP contribution in [0.4, 0.5) is 0 Å². The fraction of sp³-hybridized carbons (Fsp3) is 0.500. The first-order valence-corrected chi connectivity index (χ1v) is 4.91. The van der Waals surface area contributed by atoms with Crippen molar-refractivity contribution in [2.45, 2.75) is 32.2 Å². The van der Waals surface area contributed by atoms with Crippen molar-refractivity contribution in [3.05, 3.63) is 24.3 Å². The molecule has 0 unspecified atom stereocenters. The van der Waals surface area contributed by atoms with Gasteiger partial charge in [-0.05, 0) is 31.3 Å². The van der Waals surface area contributed by atoms with Crippen molar-refractivity contribution >= 4 is 5.78 Å². The number of Topliss-reactive ketones (excluding diaryl/α,β-unsaturated/α-hetero) is 1. The molecule has 0 aromatic carbocycles. The maximum Gasteiger partial charge on any atom is 0.180 e.